The van der Waals surface area contributed by atoms with Crippen molar-refractivity contribution in [3.8, 4) is 5.88 Å². The number of ether oxygens (including phenoxy) is 2. The van der Waals surface area contributed by atoms with Crippen LogP contribution in [0.4, 0.5) is 0 Å². The highest BCUT2D eigenvalue weighted by atomic mass is 16.5. The van der Waals surface area contributed by atoms with Crippen molar-refractivity contribution >= 4 is 5.96 Å². The Kier molecular flexibility index (Phi) is 8.64. The fourth-order valence-electron chi connectivity index (χ4n) is 3.13. The molecule has 1 aliphatic heterocycles. The van der Waals surface area contributed by atoms with E-state index in [4.69, 9.17) is 9.47 Å². The molecular weight excluding hydrogens is 330 g/mol. The van der Waals surface area contributed by atoms with Gasteiger partial charge in [0.15, 0.2) is 5.96 Å². The molecule has 0 aliphatic carbocycles. The second kappa shape index (κ2) is 11.0. The monoisotopic (exact) mass is 363 g/mol. The summed E-state index contributed by atoms with van der Waals surface area (Å²) in [5.74, 6) is 2.06. The van der Waals surface area contributed by atoms with Crippen LogP contribution in [-0.4, -0.2) is 68.9 Å². The Hall–Kier alpha value is -1.86. The topological polar surface area (TPSA) is 71.0 Å². The number of aliphatic imine (C=N–C) groups is 1. The van der Waals surface area contributed by atoms with Gasteiger partial charge in [-0.15, -0.1) is 0 Å². The Labute approximate surface area is 157 Å². The highest BCUT2D eigenvalue weighted by Gasteiger charge is 2.22. The molecule has 0 radical (unpaired) electrons. The smallest absolute Gasteiger partial charge is 0.213 e. The number of nitrogens with one attached hydrogen (secondary N) is 2. The third-order valence-corrected chi connectivity index (χ3v) is 4.46. The number of hydrogen-bond donors (Lipinski definition) is 2. The molecule has 0 amide bonds. The molecule has 1 saturated heterocycles. The quantitative estimate of drug-likeness (QED) is 0.539. The van der Waals surface area contributed by atoms with Gasteiger partial charge in [-0.3, -0.25) is 9.89 Å². The molecule has 2 N–H and O–H groups in total. The highest BCUT2D eigenvalue weighted by Crippen LogP contribution is 2.13. The normalized spacial score (nSPS) is 17.2. The first kappa shape index (κ1) is 20.5. The summed E-state index contributed by atoms with van der Waals surface area (Å²) in [5, 5.41) is 6.79. The Morgan fingerprint density at radius 3 is 2.73 bits per heavy atom. The van der Waals surface area contributed by atoms with Crippen molar-refractivity contribution in [2.45, 2.75) is 32.9 Å². The minimum Gasteiger partial charge on any atom is -0.481 e. The molecular formula is C19H33N5O2. The minimum atomic E-state index is 0.479. The molecule has 0 saturated carbocycles. The zero-order valence-electron chi connectivity index (χ0n) is 16.5. The third kappa shape index (κ3) is 6.80. The van der Waals surface area contributed by atoms with Gasteiger partial charge < -0.3 is 20.1 Å². The molecule has 0 spiro atoms. The van der Waals surface area contributed by atoms with E-state index in [0.29, 0.717) is 24.4 Å². The van der Waals surface area contributed by atoms with Crippen molar-refractivity contribution in [1.82, 2.24) is 20.5 Å². The summed E-state index contributed by atoms with van der Waals surface area (Å²) in [6.07, 6.45) is 1.15. The summed E-state index contributed by atoms with van der Waals surface area (Å²) < 4.78 is 10.7. The largest absolute Gasteiger partial charge is 0.481 e. The Morgan fingerprint density at radius 2 is 2.08 bits per heavy atom. The lowest BCUT2D eigenvalue weighted by Crippen LogP contribution is -2.51. The molecule has 7 heteroatoms. The molecule has 1 unspecified atom stereocenters. The summed E-state index contributed by atoms with van der Waals surface area (Å²) in [5.41, 5.74) is 0.916. The zero-order valence-corrected chi connectivity index (χ0v) is 16.5. The standard InChI is InChI=1S/C19H33N5O2/c1-15(2)12-17(24-8-10-26-11-9-24)14-22-19(20-3)21-13-16-6-5-7-18(23-16)25-4/h5-7,15,17H,8-14H2,1-4H3,(H2,20,21,22). The second-order valence-electron chi connectivity index (χ2n) is 6.91. The number of pyridine rings is 1. The molecule has 2 rings (SSSR count). The van der Waals surface area contributed by atoms with E-state index in [0.717, 1.165) is 50.9 Å². The van der Waals surface area contributed by atoms with Crippen molar-refractivity contribution in [2.24, 2.45) is 10.9 Å². The molecule has 0 aromatic carbocycles. The van der Waals surface area contributed by atoms with Crippen LogP contribution in [0.15, 0.2) is 23.2 Å². The van der Waals surface area contributed by atoms with Crippen LogP contribution in [0.2, 0.25) is 0 Å². The van der Waals surface area contributed by atoms with Crippen molar-refractivity contribution < 1.29 is 9.47 Å². The summed E-state index contributed by atoms with van der Waals surface area (Å²) >= 11 is 0. The van der Waals surface area contributed by atoms with E-state index in [2.05, 4.69) is 39.4 Å². The van der Waals surface area contributed by atoms with E-state index in [1.165, 1.54) is 0 Å². The second-order valence-corrected chi connectivity index (χ2v) is 6.91. The van der Waals surface area contributed by atoms with E-state index in [1.807, 2.05) is 18.2 Å². The van der Waals surface area contributed by atoms with Crippen LogP contribution in [0.5, 0.6) is 5.88 Å². The van der Waals surface area contributed by atoms with E-state index >= 15 is 0 Å². The van der Waals surface area contributed by atoms with Gasteiger partial charge in [-0.25, -0.2) is 4.98 Å². The lowest BCUT2D eigenvalue weighted by Gasteiger charge is -2.35. The number of guanidine groups is 1. The van der Waals surface area contributed by atoms with Crippen molar-refractivity contribution in [1.29, 1.82) is 0 Å². The SMILES string of the molecule is CN=C(NCc1cccc(OC)n1)NCC(CC(C)C)N1CCOCC1. The van der Waals surface area contributed by atoms with Gasteiger partial charge in [0.25, 0.3) is 0 Å². The van der Waals surface area contributed by atoms with E-state index in [9.17, 15) is 0 Å². The van der Waals surface area contributed by atoms with Crippen molar-refractivity contribution in [3.05, 3.63) is 23.9 Å². The zero-order chi connectivity index (χ0) is 18.8. The lowest BCUT2D eigenvalue weighted by atomic mass is 10.0. The Morgan fingerprint density at radius 1 is 1.31 bits per heavy atom. The predicted molar refractivity (Wildman–Crippen MR) is 105 cm³/mol. The summed E-state index contributed by atoms with van der Waals surface area (Å²) in [4.78, 5) is 11.3. The van der Waals surface area contributed by atoms with Gasteiger partial charge in [0.05, 0.1) is 32.6 Å². The van der Waals surface area contributed by atoms with Gasteiger partial charge in [-0.1, -0.05) is 19.9 Å². The first-order valence-corrected chi connectivity index (χ1v) is 9.38. The van der Waals surface area contributed by atoms with Gasteiger partial charge in [0, 0.05) is 38.8 Å². The highest BCUT2D eigenvalue weighted by molar-refractivity contribution is 5.79. The first-order valence-electron chi connectivity index (χ1n) is 9.38. The van der Waals surface area contributed by atoms with E-state index < -0.39 is 0 Å². The molecule has 7 nitrogen and oxygen atoms in total. The van der Waals surface area contributed by atoms with Crippen LogP contribution in [0, 0.1) is 5.92 Å². The summed E-state index contributed by atoms with van der Waals surface area (Å²) in [7, 11) is 3.42. The fourth-order valence-corrected chi connectivity index (χ4v) is 3.13. The molecule has 1 atom stereocenters. The van der Waals surface area contributed by atoms with Gasteiger partial charge in [-0.05, 0) is 18.4 Å². The van der Waals surface area contributed by atoms with Gasteiger partial charge in [-0.2, -0.15) is 0 Å². The van der Waals surface area contributed by atoms with Crippen LogP contribution in [0.1, 0.15) is 26.0 Å². The van der Waals surface area contributed by atoms with Crippen molar-refractivity contribution in [3.63, 3.8) is 0 Å². The molecule has 1 aromatic heterocycles. The lowest BCUT2D eigenvalue weighted by molar-refractivity contribution is 0.0132. The Balaban J connectivity index is 1.86. The number of rotatable bonds is 8. The maximum absolute atomic E-state index is 5.49. The Bertz CT molecular complexity index is 559. The van der Waals surface area contributed by atoms with Crippen LogP contribution < -0.4 is 15.4 Å². The third-order valence-electron chi connectivity index (χ3n) is 4.46. The molecule has 26 heavy (non-hydrogen) atoms. The summed E-state index contributed by atoms with van der Waals surface area (Å²) in [6, 6.07) is 6.23. The molecule has 1 aromatic rings. The van der Waals surface area contributed by atoms with Crippen LogP contribution in [0.25, 0.3) is 0 Å². The predicted octanol–water partition coefficient (Wildman–Crippen LogP) is 1.50. The average Bonchev–Trinajstić information content (AvgIpc) is 2.67. The number of aromatic nitrogens is 1. The van der Waals surface area contributed by atoms with E-state index in [-0.39, 0.29) is 0 Å². The maximum Gasteiger partial charge on any atom is 0.213 e. The van der Waals surface area contributed by atoms with Gasteiger partial charge in [0.2, 0.25) is 5.88 Å². The first-order chi connectivity index (χ1) is 12.6. The summed E-state index contributed by atoms with van der Waals surface area (Å²) in [6.45, 7) is 9.65. The number of nitrogens with zero attached hydrogens (tertiary/aromatic N) is 3. The molecule has 1 fully saturated rings. The van der Waals surface area contributed by atoms with Crippen LogP contribution >= 0.6 is 0 Å². The van der Waals surface area contributed by atoms with E-state index in [1.54, 1.807) is 14.2 Å². The minimum absolute atomic E-state index is 0.479. The molecule has 1 aliphatic rings. The van der Waals surface area contributed by atoms with Crippen molar-refractivity contribution in [2.75, 3.05) is 47.0 Å². The maximum atomic E-state index is 5.49. The fraction of sp³-hybridized carbons (Fsp3) is 0.684. The molecule has 0 bridgehead atoms. The van der Waals surface area contributed by atoms with Crippen LogP contribution in [0.3, 0.4) is 0 Å². The number of methoxy groups -OCH3 is 1. The molecule has 146 valence electrons. The average molecular weight is 364 g/mol. The van der Waals surface area contributed by atoms with Crippen LogP contribution in [-0.2, 0) is 11.3 Å². The molecule has 2 heterocycles. The number of hydrogen-bond acceptors (Lipinski definition) is 5. The number of morpholine rings is 1. The van der Waals surface area contributed by atoms with Gasteiger partial charge >= 0.3 is 0 Å². The van der Waals surface area contributed by atoms with Gasteiger partial charge in [0.1, 0.15) is 0 Å².